The molecule has 0 bridgehead atoms. The average molecular weight is 952 g/mol. The fourth-order valence-electron chi connectivity index (χ4n) is 6.87. The first-order chi connectivity index (χ1) is 33.0. The van der Waals surface area contributed by atoms with E-state index in [9.17, 15) is 5.11 Å². The molecule has 4 rings (SSSR count). The van der Waals surface area contributed by atoms with Crippen LogP contribution in [0.1, 0.15) is 6.42 Å². The van der Waals surface area contributed by atoms with Crippen LogP contribution in [0.25, 0.3) is 33.9 Å². The molecule has 0 fully saturated rings. The smallest absolute Gasteiger partial charge is 0.491 e. The van der Waals surface area contributed by atoms with E-state index in [0.29, 0.717) is 85.0 Å². The molecule has 1 unspecified atom stereocenters. The van der Waals surface area contributed by atoms with Gasteiger partial charge in [0.1, 0.15) is 12.4 Å². The standard InChI is InChI=1S/C48H77N9O9Si/c1-59-67(60-2,61-3)36-8-28-65-40-43(58)39-57(26-21-52-24-30-63-33-32-62-29-23-51-20-19-50-18-15-49)27-22-53-25-31-64-34-35-66-44-13-11-41(12-14-44)42-37-47(45-9-4-6-16-54-45)56-48(38-42)46-10-5-7-17-55-46/h4-7,9-14,16-17,37-38,43,50-53,58H,8,15,18-36,39-40,49H2,1-3H3. The summed E-state index contributed by atoms with van der Waals surface area (Å²) in [5.41, 5.74) is 10.7. The Balaban J connectivity index is 1.11. The van der Waals surface area contributed by atoms with Gasteiger partial charge in [0.25, 0.3) is 0 Å². The maximum absolute atomic E-state index is 10.9. The molecule has 4 aromatic rings. The zero-order valence-corrected chi connectivity index (χ0v) is 41.0. The van der Waals surface area contributed by atoms with Gasteiger partial charge in [-0.3, -0.25) is 14.9 Å². The second-order valence-corrected chi connectivity index (χ2v) is 18.6. The molecule has 7 N–H and O–H groups in total. The molecule has 0 amide bonds. The number of nitrogens with zero attached hydrogens (tertiary/aromatic N) is 4. The van der Waals surface area contributed by atoms with Crippen LogP contribution >= 0.6 is 0 Å². The fraction of sp³-hybridized carbons (Fsp3) is 0.562. The topological polar surface area (TPSA) is 210 Å². The van der Waals surface area contributed by atoms with E-state index in [0.717, 1.165) is 98.6 Å². The molecule has 0 spiro atoms. The highest BCUT2D eigenvalue weighted by molar-refractivity contribution is 6.60. The molecule has 0 saturated heterocycles. The molecule has 372 valence electrons. The molecule has 1 atom stereocenters. The highest BCUT2D eigenvalue weighted by atomic mass is 28.4. The molecular weight excluding hydrogens is 875 g/mol. The Labute approximate surface area is 399 Å². The SMILES string of the molecule is CO[Si](CCCOCC(O)CN(CCNCCOCCOCCNCCNCCN)CCNCCOCCOc1ccc(-c2cc(-c3ccccn3)nc(-c3ccccn3)c2)cc1)(OC)OC. The summed E-state index contributed by atoms with van der Waals surface area (Å²) in [5, 5.41) is 24.4. The Morgan fingerprint density at radius 1 is 0.582 bits per heavy atom. The molecule has 1 aromatic carbocycles. The quantitative estimate of drug-likeness (QED) is 0.0279. The van der Waals surface area contributed by atoms with Crippen LogP contribution in [-0.4, -0.2) is 199 Å². The summed E-state index contributed by atoms with van der Waals surface area (Å²) >= 11 is 0. The van der Waals surface area contributed by atoms with Crippen LogP contribution < -0.4 is 31.7 Å². The van der Waals surface area contributed by atoms with Gasteiger partial charge in [-0.25, -0.2) is 4.98 Å². The molecule has 0 aliphatic rings. The van der Waals surface area contributed by atoms with Crippen molar-refractivity contribution in [2.24, 2.45) is 5.73 Å². The lowest BCUT2D eigenvalue weighted by molar-refractivity contribution is 0.0156. The molecule has 3 heterocycles. The third kappa shape index (κ3) is 23.3. The van der Waals surface area contributed by atoms with Crippen LogP contribution in [-0.2, 0) is 32.2 Å². The van der Waals surface area contributed by atoms with Gasteiger partial charge >= 0.3 is 8.80 Å². The van der Waals surface area contributed by atoms with Gasteiger partial charge in [0, 0.05) is 125 Å². The number of rotatable bonds is 41. The van der Waals surface area contributed by atoms with Crippen LogP contribution in [0.2, 0.25) is 6.04 Å². The van der Waals surface area contributed by atoms with Gasteiger partial charge in [-0.2, -0.15) is 0 Å². The number of nitrogens with two attached hydrogens (primary N) is 1. The second kappa shape index (κ2) is 35.3. The van der Waals surface area contributed by atoms with Crippen LogP contribution in [0.3, 0.4) is 0 Å². The van der Waals surface area contributed by atoms with Crippen LogP contribution in [0.15, 0.2) is 85.2 Å². The first-order valence-electron chi connectivity index (χ1n) is 23.5. The Bertz CT molecular complexity index is 1740. The normalized spacial score (nSPS) is 12.3. The lowest BCUT2D eigenvalue weighted by Crippen LogP contribution is -2.43. The van der Waals surface area contributed by atoms with Crippen molar-refractivity contribution in [2.75, 3.05) is 159 Å². The zero-order chi connectivity index (χ0) is 47.5. The second-order valence-electron chi connectivity index (χ2n) is 15.5. The number of aliphatic hydroxyl groups excluding tert-OH is 1. The van der Waals surface area contributed by atoms with Crippen molar-refractivity contribution < 1.29 is 42.1 Å². The maximum atomic E-state index is 10.9. The van der Waals surface area contributed by atoms with Gasteiger partial charge in [-0.15, -0.1) is 0 Å². The summed E-state index contributed by atoms with van der Waals surface area (Å²) in [5.74, 6) is 0.767. The summed E-state index contributed by atoms with van der Waals surface area (Å²) < 4.78 is 45.5. The van der Waals surface area contributed by atoms with Crippen LogP contribution in [0.5, 0.6) is 5.75 Å². The van der Waals surface area contributed by atoms with Gasteiger partial charge in [0.15, 0.2) is 0 Å². The molecule has 0 saturated carbocycles. The van der Waals surface area contributed by atoms with E-state index in [4.69, 9.17) is 47.7 Å². The molecule has 3 aromatic heterocycles. The minimum Gasteiger partial charge on any atom is -0.491 e. The summed E-state index contributed by atoms with van der Waals surface area (Å²) in [4.78, 5) is 16.2. The lowest BCUT2D eigenvalue weighted by Gasteiger charge is -2.26. The van der Waals surface area contributed by atoms with Gasteiger partial charge in [0.05, 0.1) is 75.1 Å². The van der Waals surface area contributed by atoms with Crippen LogP contribution in [0, 0.1) is 0 Å². The van der Waals surface area contributed by atoms with E-state index in [2.05, 4.69) is 48.3 Å². The van der Waals surface area contributed by atoms with E-state index in [1.54, 1.807) is 33.7 Å². The van der Waals surface area contributed by atoms with Crippen molar-refractivity contribution in [3.8, 4) is 39.7 Å². The Morgan fingerprint density at radius 3 is 1.64 bits per heavy atom. The number of nitrogens with one attached hydrogen (secondary N) is 4. The largest absolute Gasteiger partial charge is 0.500 e. The van der Waals surface area contributed by atoms with Gasteiger partial charge in [0.2, 0.25) is 0 Å². The van der Waals surface area contributed by atoms with Crippen LogP contribution in [0.4, 0.5) is 0 Å². The maximum Gasteiger partial charge on any atom is 0.500 e. The van der Waals surface area contributed by atoms with Crippen molar-refractivity contribution in [2.45, 2.75) is 18.6 Å². The first kappa shape index (κ1) is 55.7. The Hall–Kier alpha value is -3.87. The fourth-order valence-corrected chi connectivity index (χ4v) is 8.56. The predicted molar refractivity (Wildman–Crippen MR) is 264 cm³/mol. The third-order valence-corrected chi connectivity index (χ3v) is 13.3. The molecule has 0 aliphatic heterocycles. The summed E-state index contributed by atoms with van der Waals surface area (Å²) in [7, 11) is 2.16. The molecule has 19 heteroatoms. The molecule has 18 nitrogen and oxygen atoms in total. The Kier molecular flexibility index (Phi) is 29.3. The monoisotopic (exact) mass is 952 g/mol. The van der Waals surface area contributed by atoms with E-state index < -0.39 is 14.9 Å². The highest BCUT2D eigenvalue weighted by Gasteiger charge is 2.36. The van der Waals surface area contributed by atoms with Gasteiger partial charge in [-0.1, -0.05) is 24.3 Å². The number of pyridine rings is 3. The van der Waals surface area contributed by atoms with E-state index in [1.807, 2.05) is 60.7 Å². The third-order valence-electron chi connectivity index (χ3n) is 10.5. The summed E-state index contributed by atoms with van der Waals surface area (Å²) in [6, 6.07) is 24.4. The number of ether oxygens (including phenoxy) is 5. The van der Waals surface area contributed by atoms with Crippen molar-refractivity contribution in [1.29, 1.82) is 0 Å². The average Bonchev–Trinajstić information content (AvgIpc) is 3.37. The van der Waals surface area contributed by atoms with Crippen molar-refractivity contribution in [3.05, 3.63) is 85.2 Å². The van der Waals surface area contributed by atoms with E-state index in [-0.39, 0.29) is 6.61 Å². The van der Waals surface area contributed by atoms with Gasteiger partial charge in [-0.05, 0) is 66.1 Å². The number of benzene rings is 1. The number of aliphatic hydroxyl groups is 1. The lowest BCUT2D eigenvalue weighted by atomic mass is 10.0. The van der Waals surface area contributed by atoms with Crippen molar-refractivity contribution in [3.63, 3.8) is 0 Å². The predicted octanol–water partition coefficient (Wildman–Crippen LogP) is 2.57. The minimum atomic E-state index is -2.65. The van der Waals surface area contributed by atoms with Gasteiger partial charge < -0.3 is 69.1 Å². The number of hydrogen-bond donors (Lipinski definition) is 6. The van der Waals surface area contributed by atoms with Crippen molar-refractivity contribution >= 4 is 8.80 Å². The van der Waals surface area contributed by atoms with E-state index >= 15 is 0 Å². The summed E-state index contributed by atoms with van der Waals surface area (Å²) in [6.07, 6.45) is 3.62. The molecule has 0 radical (unpaired) electrons. The number of hydrogen-bond acceptors (Lipinski definition) is 18. The van der Waals surface area contributed by atoms with E-state index in [1.165, 1.54) is 0 Å². The molecular formula is C48H77N9O9Si. The van der Waals surface area contributed by atoms with Crippen molar-refractivity contribution in [1.82, 2.24) is 41.1 Å². The Morgan fingerprint density at radius 2 is 1.12 bits per heavy atom. The first-order valence-corrected chi connectivity index (χ1v) is 25.4. The number of aromatic nitrogens is 3. The molecule has 0 aliphatic carbocycles. The zero-order valence-electron chi connectivity index (χ0n) is 40.0. The summed E-state index contributed by atoms with van der Waals surface area (Å²) in [6.45, 7) is 13.5. The minimum absolute atomic E-state index is 0.239. The highest BCUT2D eigenvalue weighted by Crippen LogP contribution is 2.30. The molecule has 67 heavy (non-hydrogen) atoms.